The van der Waals surface area contributed by atoms with Gasteiger partial charge in [0.05, 0.1) is 11.3 Å². The third-order valence-electron chi connectivity index (χ3n) is 3.87. The van der Waals surface area contributed by atoms with Crippen molar-refractivity contribution in [2.75, 3.05) is 5.32 Å². The van der Waals surface area contributed by atoms with Gasteiger partial charge in [-0.25, -0.2) is 13.8 Å². The van der Waals surface area contributed by atoms with Crippen LogP contribution in [0.4, 0.5) is 14.5 Å². The lowest BCUT2D eigenvalue weighted by molar-refractivity contribution is -0.126. The number of hydrogen-bond acceptors (Lipinski definition) is 5. The predicted octanol–water partition coefficient (Wildman–Crippen LogP) is 3.82. The number of nitrogens with one attached hydrogen (secondary N) is 1. The molecule has 0 aliphatic carbocycles. The summed E-state index contributed by atoms with van der Waals surface area (Å²) in [7, 11) is 0. The number of para-hydroxylation sites is 1. The minimum absolute atomic E-state index is 0.0679. The average molecular weight is 412 g/mol. The number of nitrogens with two attached hydrogens (primary N) is 1. The quantitative estimate of drug-likeness (QED) is 0.349. The molecule has 0 aliphatic heterocycles. The Hall–Kier alpha value is -4.01. The molecule has 1 aromatic heterocycles. The Kier molecular flexibility index (Phi) is 6.53. The summed E-state index contributed by atoms with van der Waals surface area (Å²) in [6.45, 7) is 1.40. The summed E-state index contributed by atoms with van der Waals surface area (Å²) < 4.78 is 32.3. The fraction of sp³-hybridized carbons (Fsp3) is 0.0952. The van der Waals surface area contributed by atoms with Gasteiger partial charge < -0.3 is 20.6 Å². The van der Waals surface area contributed by atoms with E-state index in [4.69, 9.17) is 15.3 Å². The highest BCUT2D eigenvalue weighted by atomic mass is 19.1. The van der Waals surface area contributed by atoms with Crippen LogP contribution in [0.25, 0.3) is 0 Å². The average Bonchev–Trinajstić information content (AvgIpc) is 2.74. The molecule has 1 heterocycles. The van der Waals surface area contributed by atoms with Crippen molar-refractivity contribution >= 4 is 17.4 Å². The van der Waals surface area contributed by atoms with Crippen molar-refractivity contribution < 1.29 is 23.1 Å². The van der Waals surface area contributed by atoms with Gasteiger partial charge in [-0.3, -0.25) is 4.79 Å². The zero-order chi connectivity index (χ0) is 21.5. The summed E-state index contributed by atoms with van der Waals surface area (Å²) in [5.41, 5.74) is 6.14. The molecule has 3 N–H and O–H groups in total. The normalized spacial score (nSPS) is 12.2. The lowest BCUT2D eigenvalue weighted by atomic mass is 10.2. The summed E-state index contributed by atoms with van der Waals surface area (Å²) >= 11 is 0. The van der Waals surface area contributed by atoms with Gasteiger partial charge in [-0.2, -0.15) is 0 Å². The summed E-state index contributed by atoms with van der Waals surface area (Å²) in [5, 5.41) is 6.05. The Morgan fingerprint density at radius 3 is 2.63 bits per heavy atom. The predicted molar refractivity (Wildman–Crippen MR) is 107 cm³/mol. The second-order valence-electron chi connectivity index (χ2n) is 6.11. The zero-order valence-corrected chi connectivity index (χ0v) is 15.9. The van der Waals surface area contributed by atoms with E-state index < -0.39 is 23.6 Å². The molecule has 1 atom stereocenters. The number of hydrogen-bond donors (Lipinski definition) is 2. The summed E-state index contributed by atoms with van der Waals surface area (Å²) in [4.78, 5) is 21.4. The van der Waals surface area contributed by atoms with Gasteiger partial charge in [0.15, 0.2) is 5.84 Å². The molecule has 9 heteroatoms. The molecule has 3 aromatic rings. The molecular weight excluding hydrogens is 394 g/mol. The number of amidine groups is 1. The van der Waals surface area contributed by atoms with Crippen LogP contribution in [0.1, 0.15) is 12.5 Å². The van der Waals surface area contributed by atoms with E-state index >= 15 is 0 Å². The van der Waals surface area contributed by atoms with E-state index in [2.05, 4.69) is 15.5 Å². The third kappa shape index (κ3) is 5.28. The number of benzene rings is 2. The number of rotatable bonds is 7. The van der Waals surface area contributed by atoms with E-state index in [1.54, 1.807) is 24.3 Å². The van der Waals surface area contributed by atoms with Crippen molar-refractivity contribution in [1.82, 2.24) is 4.98 Å². The van der Waals surface area contributed by atoms with Crippen LogP contribution in [-0.4, -0.2) is 22.8 Å². The first-order valence-electron chi connectivity index (χ1n) is 8.87. The van der Waals surface area contributed by atoms with E-state index in [1.807, 2.05) is 18.2 Å². The highest BCUT2D eigenvalue weighted by molar-refractivity contribution is 5.99. The topological polar surface area (TPSA) is 98.8 Å². The van der Waals surface area contributed by atoms with Crippen LogP contribution in [-0.2, 0) is 9.63 Å². The minimum Gasteiger partial charge on any atom is -0.438 e. The first-order valence-corrected chi connectivity index (χ1v) is 8.87. The van der Waals surface area contributed by atoms with Crippen LogP contribution in [0.15, 0.2) is 72.0 Å². The van der Waals surface area contributed by atoms with Gasteiger partial charge in [0.1, 0.15) is 17.4 Å². The first-order chi connectivity index (χ1) is 14.4. The van der Waals surface area contributed by atoms with E-state index in [9.17, 15) is 13.6 Å². The number of halogens is 2. The molecule has 0 saturated heterocycles. The van der Waals surface area contributed by atoms with Crippen molar-refractivity contribution in [1.29, 1.82) is 0 Å². The molecule has 1 unspecified atom stereocenters. The number of anilines is 1. The Morgan fingerprint density at radius 2 is 1.90 bits per heavy atom. The van der Waals surface area contributed by atoms with Gasteiger partial charge in [-0.1, -0.05) is 23.4 Å². The number of carbonyl (C=O) groups excluding carboxylic acids is 1. The molecule has 0 spiro atoms. The van der Waals surface area contributed by atoms with E-state index in [0.29, 0.717) is 17.4 Å². The molecule has 154 valence electrons. The zero-order valence-electron chi connectivity index (χ0n) is 15.9. The first kappa shape index (κ1) is 20.7. The van der Waals surface area contributed by atoms with E-state index in [0.717, 1.165) is 12.1 Å². The maximum atomic E-state index is 13.7. The Balaban J connectivity index is 1.68. The van der Waals surface area contributed by atoms with Crippen molar-refractivity contribution in [2.45, 2.75) is 13.0 Å². The fourth-order valence-electron chi connectivity index (χ4n) is 2.33. The number of aromatic nitrogens is 1. The van der Waals surface area contributed by atoms with Crippen LogP contribution in [0, 0.1) is 11.6 Å². The van der Waals surface area contributed by atoms with Crippen LogP contribution in [0.3, 0.4) is 0 Å². The van der Waals surface area contributed by atoms with Crippen LogP contribution < -0.4 is 15.8 Å². The fourth-order valence-corrected chi connectivity index (χ4v) is 2.33. The maximum Gasteiger partial charge on any atom is 0.268 e. The highest BCUT2D eigenvalue weighted by Gasteiger charge is 2.18. The molecule has 0 fully saturated rings. The number of ether oxygens (including phenoxy) is 1. The minimum atomic E-state index is -1.11. The molecular formula is C21H18F2N4O3. The van der Waals surface area contributed by atoms with Crippen molar-refractivity contribution in [3.05, 3.63) is 84.1 Å². The second kappa shape index (κ2) is 9.46. The number of amides is 1. The van der Waals surface area contributed by atoms with Crippen LogP contribution in [0.5, 0.6) is 11.6 Å². The lowest BCUT2D eigenvalue weighted by Crippen LogP contribution is -2.28. The Bertz CT molecular complexity index is 1060. The van der Waals surface area contributed by atoms with Gasteiger partial charge >= 0.3 is 0 Å². The second-order valence-corrected chi connectivity index (χ2v) is 6.11. The van der Waals surface area contributed by atoms with Gasteiger partial charge in [-0.05, 0) is 43.3 Å². The van der Waals surface area contributed by atoms with Crippen LogP contribution >= 0.6 is 0 Å². The number of pyridine rings is 1. The van der Waals surface area contributed by atoms with Gasteiger partial charge in [0.25, 0.3) is 5.91 Å². The summed E-state index contributed by atoms with van der Waals surface area (Å²) in [6, 6.07) is 15.0. The SMILES string of the molecule is CC(ON=C(N)c1cccnc1Oc1ccccc1)C(=O)Nc1ccc(F)cc1F. The monoisotopic (exact) mass is 412 g/mol. The molecule has 1 amide bonds. The third-order valence-corrected chi connectivity index (χ3v) is 3.87. The Morgan fingerprint density at radius 1 is 1.13 bits per heavy atom. The lowest BCUT2D eigenvalue weighted by Gasteiger charge is -2.12. The molecule has 0 radical (unpaired) electrons. The molecule has 0 saturated carbocycles. The van der Waals surface area contributed by atoms with Crippen molar-refractivity contribution in [2.24, 2.45) is 10.9 Å². The molecule has 3 rings (SSSR count). The van der Waals surface area contributed by atoms with Crippen molar-refractivity contribution in [3.63, 3.8) is 0 Å². The molecule has 2 aromatic carbocycles. The summed E-state index contributed by atoms with van der Waals surface area (Å²) in [6.07, 6.45) is 0.423. The molecule has 30 heavy (non-hydrogen) atoms. The van der Waals surface area contributed by atoms with Gasteiger partial charge in [0, 0.05) is 12.3 Å². The van der Waals surface area contributed by atoms with Gasteiger partial charge in [0.2, 0.25) is 12.0 Å². The molecule has 7 nitrogen and oxygen atoms in total. The van der Waals surface area contributed by atoms with Crippen LogP contribution in [0.2, 0.25) is 0 Å². The number of carbonyl (C=O) groups is 1. The largest absolute Gasteiger partial charge is 0.438 e. The summed E-state index contributed by atoms with van der Waals surface area (Å²) in [5.74, 6) is -1.65. The smallest absolute Gasteiger partial charge is 0.268 e. The maximum absolute atomic E-state index is 13.7. The Labute approximate surface area is 171 Å². The number of oxime groups is 1. The van der Waals surface area contributed by atoms with Gasteiger partial charge in [-0.15, -0.1) is 0 Å². The van der Waals surface area contributed by atoms with E-state index in [-0.39, 0.29) is 17.4 Å². The van der Waals surface area contributed by atoms with E-state index in [1.165, 1.54) is 13.1 Å². The molecule has 0 bridgehead atoms. The standard InChI is InChI=1S/C21H18F2N4O3/c1-13(20(28)26-18-10-9-14(22)12-17(18)23)30-27-19(24)16-8-5-11-25-21(16)29-15-6-3-2-4-7-15/h2-13H,1H3,(H2,24,27)(H,26,28). The van der Waals surface area contributed by atoms with Crippen molar-refractivity contribution in [3.8, 4) is 11.6 Å². The number of nitrogens with zero attached hydrogens (tertiary/aromatic N) is 2. The highest BCUT2D eigenvalue weighted by Crippen LogP contribution is 2.22. The molecule has 0 aliphatic rings.